The van der Waals surface area contributed by atoms with E-state index in [1.165, 1.54) is 0 Å². The van der Waals surface area contributed by atoms with E-state index >= 15 is 0 Å². The summed E-state index contributed by atoms with van der Waals surface area (Å²) in [5.41, 5.74) is 5.41. The first-order chi connectivity index (χ1) is 7.63. The molecule has 88 valence electrons. The summed E-state index contributed by atoms with van der Waals surface area (Å²) in [4.78, 5) is 9.56. The first-order valence-electron chi connectivity index (χ1n) is 5.29. The van der Waals surface area contributed by atoms with Crippen LogP contribution in [-0.4, -0.2) is 41.1 Å². The molecule has 2 heterocycles. The van der Waals surface area contributed by atoms with Crippen molar-refractivity contribution in [3.05, 3.63) is 12.0 Å². The number of hydrogen-bond acceptors (Lipinski definition) is 5. The molecular formula is C10H15FN4O. The van der Waals surface area contributed by atoms with Crippen LogP contribution in [0.1, 0.15) is 12.8 Å². The van der Waals surface area contributed by atoms with Gasteiger partial charge in [-0.25, -0.2) is 0 Å². The van der Waals surface area contributed by atoms with E-state index < -0.39 is 5.95 Å². The number of rotatable bonds is 2. The SMILES string of the molecule is CN1CCCC(Oc2nc(N)cc(F)n2)C1. The third kappa shape index (κ3) is 2.79. The van der Waals surface area contributed by atoms with E-state index in [4.69, 9.17) is 10.5 Å². The normalized spacial score (nSPS) is 22.0. The Hall–Kier alpha value is -1.43. The predicted octanol–water partition coefficient (Wildman–Crippen LogP) is 0.671. The Balaban J connectivity index is 2.02. The van der Waals surface area contributed by atoms with Gasteiger partial charge in [0, 0.05) is 12.6 Å². The van der Waals surface area contributed by atoms with E-state index in [2.05, 4.69) is 14.9 Å². The number of nitrogens with zero attached hydrogens (tertiary/aromatic N) is 3. The lowest BCUT2D eigenvalue weighted by Crippen LogP contribution is -2.38. The Morgan fingerprint density at radius 2 is 2.38 bits per heavy atom. The number of nitrogens with two attached hydrogens (primary N) is 1. The number of halogens is 1. The Labute approximate surface area is 93.4 Å². The van der Waals surface area contributed by atoms with E-state index in [-0.39, 0.29) is 17.9 Å². The summed E-state index contributed by atoms with van der Waals surface area (Å²) >= 11 is 0. The lowest BCUT2D eigenvalue weighted by Gasteiger charge is -2.29. The van der Waals surface area contributed by atoms with Gasteiger partial charge in [-0.05, 0) is 26.4 Å². The van der Waals surface area contributed by atoms with Crippen LogP contribution in [0, 0.1) is 5.95 Å². The van der Waals surface area contributed by atoms with Gasteiger partial charge in [0.2, 0.25) is 5.95 Å². The molecule has 1 aromatic heterocycles. The van der Waals surface area contributed by atoms with Gasteiger partial charge in [-0.1, -0.05) is 0 Å². The van der Waals surface area contributed by atoms with Crippen LogP contribution in [-0.2, 0) is 0 Å². The van der Waals surface area contributed by atoms with Crippen molar-refractivity contribution < 1.29 is 9.13 Å². The van der Waals surface area contributed by atoms with Crippen molar-refractivity contribution >= 4 is 5.82 Å². The molecule has 16 heavy (non-hydrogen) atoms. The van der Waals surface area contributed by atoms with E-state index in [0.29, 0.717) is 0 Å². The second kappa shape index (κ2) is 4.61. The van der Waals surface area contributed by atoms with E-state index in [0.717, 1.165) is 32.0 Å². The number of hydrogen-bond donors (Lipinski definition) is 1. The predicted molar refractivity (Wildman–Crippen MR) is 57.5 cm³/mol. The van der Waals surface area contributed by atoms with E-state index in [1.807, 2.05) is 7.05 Å². The highest BCUT2D eigenvalue weighted by Gasteiger charge is 2.19. The zero-order valence-electron chi connectivity index (χ0n) is 9.19. The van der Waals surface area contributed by atoms with Crippen molar-refractivity contribution in [3.8, 4) is 6.01 Å². The molecule has 1 aromatic rings. The summed E-state index contributed by atoms with van der Waals surface area (Å²) in [6.07, 6.45) is 2.01. The van der Waals surface area contributed by atoms with Gasteiger partial charge in [0.25, 0.3) is 0 Å². The standard InChI is InChI=1S/C10H15FN4O/c1-15-4-2-3-7(6-15)16-10-13-8(11)5-9(12)14-10/h5,7H,2-4,6H2,1H3,(H2,12,13,14). The van der Waals surface area contributed by atoms with Gasteiger partial charge in [-0.15, -0.1) is 0 Å². The number of likely N-dealkylation sites (tertiary alicyclic amines) is 1. The lowest BCUT2D eigenvalue weighted by molar-refractivity contribution is 0.0947. The summed E-state index contributed by atoms with van der Waals surface area (Å²) in [5.74, 6) is -0.571. The van der Waals surface area contributed by atoms with Crippen molar-refractivity contribution in [2.45, 2.75) is 18.9 Å². The fourth-order valence-electron chi connectivity index (χ4n) is 1.83. The lowest BCUT2D eigenvalue weighted by atomic mass is 10.1. The van der Waals surface area contributed by atoms with Crippen molar-refractivity contribution in [3.63, 3.8) is 0 Å². The first-order valence-corrected chi connectivity index (χ1v) is 5.29. The maximum Gasteiger partial charge on any atom is 0.321 e. The molecule has 1 fully saturated rings. The zero-order chi connectivity index (χ0) is 11.5. The molecule has 1 atom stereocenters. The van der Waals surface area contributed by atoms with Crippen LogP contribution in [0.4, 0.5) is 10.2 Å². The summed E-state index contributed by atoms with van der Waals surface area (Å²) in [5, 5.41) is 0. The molecule has 0 saturated carbocycles. The van der Waals surface area contributed by atoms with Crippen LogP contribution in [0.25, 0.3) is 0 Å². The average molecular weight is 226 g/mol. The topological polar surface area (TPSA) is 64.3 Å². The average Bonchev–Trinajstić information content (AvgIpc) is 2.15. The van der Waals surface area contributed by atoms with Gasteiger partial charge in [0.1, 0.15) is 11.9 Å². The molecule has 5 nitrogen and oxygen atoms in total. The molecule has 1 aliphatic heterocycles. The maximum atomic E-state index is 12.9. The molecule has 0 amide bonds. The molecule has 2 rings (SSSR count). The highest BCUT2D eigenvalue weighted by Crippen LogP contribution is 2.15. The zero-order valence-corrected chi connectivity index (χ0v) is 9.19. The number of ether oxygens (including phenoxy) is 1. The van der Waals surface area contributed by atoms with Crippen LogP contribution >= 0.6 is 0 Å². The molecular weight excluding hydrogens is 211 g/mol. The molecule has 1 saturated heterocycles. The quantitative estimate of drug-likeness (QED) is 0.751. The van der Waals surface area contributed by atoms with Gasteiger partial charge < -0.3 is 15.4 Å². The second-order valence-electron chi connectivity index (χ2n) is 4.04. The van der Waals surface area contributed by atoms with Crippen LogP contribution in [0.15, 0.2) is 6.07 Å². The van der Waals surface area contributed by atoms with Gasteiger partial charge >= 0.3 is 6.01 Å². The van der Waals surface area contributed by atoms with Crippen LogP contribution in [0.5, 0.6) is 6.01 Å². The summed E-state index contributed by atoms with van der Waals surface area (Å²) in [6, 6.07) is 1.10. The van der Waals surface area contributed by atoms with Gasteiger partial charge in [0.05, 0.1) is 0 Å². The maximum absolute atomic E-state index is 12.9. The highest BCUT2D eigenvalue weighted by atomic mass is 19.1. The van der Waals surface area contributed by atoms with Crippen LogP contribution in [0.2, 0.25) is 0 Å². The number of anilines is 1. The number of nitrogen functional groups attached to an aromatic ring is 1. The molecule has 1 unspecified atom stereocenters. The minimum absolute atomic E-state index is 0.0138. The van der Waals surface area contributed by atoms with Crippen LogP contribution < -0.4 is 10.5 Å². The molecule has 0 bridgehead atoms. The van der Waals surface area contributed by atoms with Crippen molar-refractivity contribution in [1.82, 2.24) is 14.9 Å². The molecule has 0 aliphatic carbocycles. The molecule has 0 aromatic carbocycles. The third-order valence-corrected chi connectivity index (χ3v) is 2.55. The van der Waals surface area contributed by atoms with Gasteiger partial charge in [0.15, 0.2) is 0 Å². The number of likely N-dealkylation sites (N-methyl/N-ethyl adjacent to an activating group) is 1. The summed E-state index contributed by atoms with van der Waals surface area (Å²) in [6.45, 7) is 1.87. The van der Waals surface area contributed by atoms with Gasteiger partial charge in [-0.3, -0.25) is 0 Å². The monoisotopic (exact) mass is 226 g/mol. The molecule has 0 spiro atoms. The fraction of sp³-hybridized carbons (Fsp3) is 0.600. The van der Waals surface area contributed by atoms with E-state index in [1.54, 1.807) is 0 Å². The Morgan fingerprint density at radius 1 is 1.56 bits per heavy atom. The Morgan fingerprint density at radius 3 is 3.06 bits per heavy atom. The number of aromatic nitrogens is 2. The summed E-state index contributed by atoms with van der Waals surface area (Å²) in [7, 11) is 2.02. The Bertz CT molecular complexity index is 354. The highest BCUT2D eigenvalue weighted by molar-refractivity contribution is 5.27. The largest absolute Gasteiger partial charge is 0.459 e. The molecule has 0 radical (unpaired) electrons. The van der Waals surface area contributed by atoms with Crippen LogP contribution in [0.3, 0.4) is 0 Å². The first kappa shape index (κ1) is 11.1. The van der Waals surface area contributed by atoms with Crippen molar-refractivity contribution in [2.75, 3.05) is 25.9 Å². The van der Waals surface area contributed by atoms with Gasteiger partial charge in [-0.2, -0.15) is 14.4 Å². The molecule has 6 heteroatoms. The minimum atomic E-state index is -0.660. The molecule has 2 N–H and O–H groups in total. The fourth-order valence-corrected chi connectivity index (χ4v) is 1.83. The summed E-state index contributed by atoms with van der Waals surface area (Å²) < 4.78 is 18.4. The van der Waals surface area contributed by atoms with Crippen molar-refractivity contribution in [2.24, 2.45) is 0 Å². The molecule has 1 aliphatic rings. The second-order valence-corrected chi connectivity index (χ2v) is 4.04. The third-order valence-electron chi connectivity index (χ3n) is 2.55. The van der Waals surface area contributed by atoms with E-state index in [9.17, 15) is 4.39 Å². The van der Waals surface area contributed by atoms with Crippen molar-refractivity contribution in [1.29, 1.82) is 0 Å². The Kier molecular flexibility index (Phi) is 3.19. The smallest absolute Gasteiger partial charge is 0.321 e. The minimum Gasteiger partial charge on any atom is -0.459 e. The number of piperidine rings is 1.